The zero-order chi connectivity index (χ0) is 25.1. The Hall–Kier alpha value is -4.37. The molecule has 0 radical (unpaired) electrons. The first-order valence-electron chi connectivity index (χ1n) is 11.2. The van der Waals surface area contributed by atoms with Crippen LogP contribution in [-0.2, 0) is 15.1 Å². The van der Waals surface area contributed by atoms with E-state index < -0.39 is 23.4 Å². The van der Waals surface area contributed by atoms with Gasteiger partial charge in [-0.15, -0.1) is 0 Å². The molecule has 2 N–H and O–H groups in total. The molecule has 4 amide bonds. The predicted octanol–water partition coefficient (Wildman–Crippen LogP) is 4.60. The van der Waals surface area contributed by atoms with Gasteiger partial charge in [-0.05, 0) is 12.5 Å². The number of hydrazine groups is 1. The molecule has 0 aliphatic carbocycles. The summed E-state index contributed by atoms with van der Waals surface area (Å²) < 4.78 is 6.02. The Morgan fingerprint density at radius 1 is 0.944 bits per heavy atom. The van der Waals surface area contributed by atoms with Crippen LogP contribution >= 0.6 is 11.8 Å². The second-order valence-corrected chi connectivity index (χ2v) is 9.20. The molecule has 1 aliphatic rings. The minimum absolute atomic E-state index is 0.109. The fourth-order valence-electron chi connectivity index (χ4n) is 3.93. The number of aromatic nitrogens is 1. The molecule has 0 spiro atoms. The Bertz CT molecular complexity index is 1350. The summed E-state index contributed by atoms with van der Waals surface area (Å²) in [7, 11) is 0. The minimum atomic E-state index is -1.27. The number of thioether (sulfide) groups is 1. The number of carbonyl (C=O) groups excluding carboxylic acids is 3. The van der Waals surface area contributed by atoms with E-state index in [2.05, 4.69) is 15.7 Å². The molecule has 5 rings (SSSR count). The quantitative estimate of drug-likeness (QED) is 0.285. The molecule has 0 saturated carbocycles. The van der Waals surface area contributed by atoms with Crippen LogP contribution in [0.3, 0.4) is 0 Å². The highest BCUT2D eigenvalue weighted by Gasteiger charge is 2.49. The van der Waals surface area contributed by atoms with Crippen molar-refractivity contribution in [2.75, 3.05) is 5.75 Å². The van der Waals surface area contributed by atoms with Gasteiger partial charge in [0.2, 0.25) is 5.91 Å². The molecule has 1 aliphatic heterocycles. The number of urea groups is 1. The van der Waals surface area contributed by atoms with E-state index in [1.807, 2.05) is 66.7 Å². The number of oxazole rings is 1. The van der Waals surface area contributed by atoms with Crippen LogP contribution in [0.4, 0.5) is 4.79 Å². The van der Waals surface area contributed by atoms with Crippen molar-refractivity contribution >= 4 is 29.6 Å². The van der Waals surface area contributed by atoms with Crippen molar-refractivity contribution in [3.05, 3.63) is 96.6 Å². The average Bonchev–Trinajstić information content (AvgIpc) is 3.44. The number of hydrogen-bond donors (Lipinski definition) is 2. The number of imide groups is 1. The molecular weight excluding hydrogens is 476 g/mol. The predicted molar refractivity (Wildman–Crippen MR) is 135 cm³/mol. The van der Waals surface area contributed by atoms with Gasteiger partial charge in [0.05, 0.1) is 5.75 Å². The molecule has 2 heterocycles. The van der Waals surface area contributed by atoms with Gasteiger partial charge < -0.3 is 9.73 Å². The van der Waals surface area contributed by atoms with Gasteiger partial charge in [-0.2, -0.15) is 5.01 Å². The molecule has 3 aromatic carbocycles. The van der Waals surface area contributed by atoms with Crippen molar-refractivity contribution in [2.45, 2.75) is 17.7 Å². The summed E-state index contributed by atoms with van der Waals surface area (Å²) in [5.74, 6) is -0.618. The fraction of sp³-hybridized carbons (Fsp3) is 0.111. The number of carbonyl (C=O) groups is 3. The Kier molecular flexibility index (Phi) is 6.30. The Labute approximate surface area is 211 Å². The maximum Gasteiger partial charge on any atom is 0.344 e. The molecular formula is C27H22N4O4S. The molecule has 0 bridgehead atoms. The topological polar surface area (TPSA) is 105 Å². The first-order chi connectivity index (χ1) is 17.5. The molecule has 1 saturated heterocycles. The molecule has 1 fully saturated rings. The van der Waals surface area contributed by atoms with Gasteiger partial charge in [-0.3, -0.25) is 15.0 Å². The summed E-state index contributed by atoms with van der Waals surface area (Å²) >= 11 is 1.08. The number of benzene rings is 3. The van der Waals surface area contributed by atoms with Crippen LogP contribution in [0.5, 0.6) is 0 Å². The highest BCUT2D eigenvalue weighted by atomic mass is 32.2. The summed E-state index contributed by atoms with van der Waals surface area (Å²) in [5, 5.41) is 3.68. The maximum atomic E-state index is 13.0. The van der Waals surface area contributed by atoms with Crippen molar-refractivity contribution in [1.82, 2.24) is 20.7 Å². The Balaban J connectivity index is 1.30. The number of amides is 4. The van der Waals surface area contributed by atoms with E-state index >= 15 is 0 Å². The van der Waals surface area contributed by atoms with E-state index in [1.165, 1.54) is 0 Å². The van der Waals surface area contributed by atoms with Crippen LogP contribution in [0.25, 0.3) is 22.6 Å². The van der Waals surface area contributed by atoms with Crippen LogP contribution < -0.4 is 10.7 Å². The highest BCUT2D eigenvalue weighted by molar-refractivity contribution is 7.99. The second-order valence-electron chi connectivity index (χ2n) is 8.27. The van der Waals surface area contributed by atoms with E-state index in [1.54, 1.807) is 31.2 Å². The third-order valence-electron chi connectivity index (χ3n) is 5.80. The van der Waals surface area contributed by atoms with E-state index in [0.29, 0.717) is 22.2 Å². The number of hydrogen-bond acceptors (Lipinski definition) is 6. The average molecular weight is 499 g/mol. The van der Waals surface area contributed by atoms with Crippen LogP contribution in [0.2, 0.25) is 0 Å². The molecule has 1 atom stereocenters. The first-order valence-corrected chi connectivity index (χ1v) is 12.2. The molecule has 4 aromatic rings. The van der Waals surface area contributed by atoms with E-state index in [4.69, 9.17) is 4.42 Å². The van der Waals surface area contributed by atoms with Gasteiger partial charge in [-0.1, -0.05) is 103 Å². The smallest absolute Gasteiger partial charge is 0.344 e. The molecule has 8 nitrogen and oxygen atoms in total. The summed E-state index contributed by atoms with van der Waals surface area (Å²) in [6, 6.07) is 27.4. The van der Waals surface area contributed by atoms with E-state index in [9.17, 15) is 14.4 Å². The number of rotatable bonds is 7. The van der Waals surface area contributed by atoms with Crippen molar-refractivity contribution in [2.24, 2.45) is 0 Å². The van der Waals surface area contributed by atoms with E-state index in [-0.39, 0.29) is 5.75 Å². The van der Waals surface area contributed by atoms with Gasteiger partial charge in [0.15, 0.2) is 5.76 Å². The molecule has 0 unspecified atom stereocenters. The Morgan fingerprint density at radius 3 is 2.17 bits per heavy atom. The van der Waals surface area contributed by atoms with Gasteiger partial charge in [-0.25, -0.2) is 9.78 Å². The van der Waals surface area contributed by atoms with Crippen LogP contribution in [0.15, 0.2) is 101 Å². The molecule has 1 aromatic heterocycles. The maximum absolute atomic E-state index is 13.0. The highest BCUT2D eigenvalue weighted by Crippen LogP contribution is 2.35. The van der Waals surface area contributed by atoms with Gasteiger partial charge >= 0.3 is 6.03 Å². The molecule has 36 heavy (non-hydrogen) atoms. The fourth-order valence-corrected chi connectivity index (χ4v) is 4.55. The SMILES string of the molecule is C[C@]1(c2ccccc2)NC(=O)N(NC(=O)CSc2nc(-c3ccccc3)c(-c3ccccc3)o2)C1=O. The summed E-state index contributed by atoms with van der Waals surface area (Å²) in [4.78, 5) is 42.8. The lowest BCUT2D eigenvalue weighted by Gasteiger charge is -2.22. The second kappa shape index (κ2) is 9.71. The summed E-state index contributed by atoms with van der Waals surface area (Å²) in [6.07, 6.45) is 0. The van der Waals surface area contributed by atoms with Gasteiger partial charge in [0.1, 0.15) is 11.2 Å². The van der Waals surface area contributed by atoms with Crippen molar-refractivity contribution in [1.29, 1.82) is 0 Å². The molecule has 180 valence electrons. The summed E-state index contributed by atoms with van der Waals surface area (Å²) in [5.41, 5.74) is 4.17. The Morgan fingerprint density at radius 2 is 1.53 bits per heavy atom. The largest absolute Gasteiger partial charge is 0.431 e. The molecule has 9 heteroatoms. The minimum Gasteiger partial charge on any atom is -0.431 e. The van der Waals surface area contributed by atoms with Crippen molar-refractivity contribution < 1.29 is 18.8 Å². The lowest BCUT2D eigenvalue weighted by atomic mass is 9.92. The lowest BCUT2D eigenvalue weighted by molar-refractivity contribution is -0.138. The number of nitrogens with one attached hydrogen (secondary N) is 2. The number of nitrogens with zero attached hydrogens (tertiary/aromatic N) is 2. The van der Waals surface area contributed by atoms with Gasteiger partial charge in [0.25, 0.3) is 11.1 Å². The van der Waals surface area contributed by atoms with Crippen LogP contribution in [-0.4, -0.2) is 33.6 Å². The van der Waals surface area contributed by atoms with Crippen molar-refractivity contribution in [3.63, 3.8) is 0 Å². The van der Waals surface area contributed by atoms with Crippen molar-refractivity contribution in [3.8, 4) is 22.6 Å². The lowest BCUT2D eigenvalue weighted by Crippen LogP contribution is -2.48. The van der Waals surface area contributed by atoms with Gasteiger partial charge in [0, 0.05) is 11.1 Å². The third-order valence-corrected chi connectivity index (χ3v) is 6.62. The normalized spacial score (nSPS) is 17.2. The summed E-state index contributed by atoms with van der Waals surface area (Å²) in [6.45, 7) is 1.60. The zero-order valence-electron chi connectivity index (χ0n) is 19.3. The standard InChI is InChI=1S/C27H22N4O4S/c1-27(20-15-9-4-10-16-20)24(33)31(25(34)29-27)30-21(32)17-36-26-28-22(18-11-5-2-6-12-18)23(35-26)19-13-7-3-8-14-19/h2-16H,17H2,1H3,(H,29,34)(H,30,32)/t27-/m1/s1. The zero-order valence-corrected chi connectivity index (χ0v) is 20.1. The van der Waals surface area contributed by atoms with E-state index in [0.717, 1.165) is 27.9 Å². The third kappa shape index (κ3) is 4.48. The van der Waals surface area contributed by atoms with Crippen LogP contribution in [0, 0.1) is 0 Å². The monoisotopic (exact) mass is 498 g/mol. The first kappa shape index (κ1) is 23.4. The van der Waals surface area contributed by atoms with Crippen LogP contribution in [0.1, 0.15) is 12.5 Å².